The molecule has 100 valence electrons. The van der Waals surface area contributed by atoms with E-state index in [1.165, 1.54) is 6.92 Å². The number of nitrogens with one attached hydrogen (secondary N) is 1. The fourth-order valence-corrected chi connectivity index (χ4v) is 1.89. The predicted octanol–water partition coefficient (Wildman–Crippen LogP) is 3.80. The van der Waals surface area contributed by atoms with Gasteiger partial charge in [-0.3, -0.25) is 4.79 Å². The van der Waals surface area contributed by atoms with Crippen LogP contribution in [0.15, 0.2) is 54.6 Å². The zero-order valence-corrected chi connectivity index (χ0v) is 11.7. The highest BCUT2D eigenvalue weighted by Gasteiger charge is 2.03. The van der Waals surface area contributed by atoms with Crippen molar-refractivity contribution in [2.45, 2.75) is 19.8 Å². The van der Waals surface area contributed by atoms with Gasteiger partial charge in [0.1, 0.15) is 0 Å². The third-order valence-electron chi connectivity index (χ3n) is 2.91. The molecule has 2 rings (SSSR count). The van der Waals surface area contributed by atoms with Crippen LogP contribution in [-0.2, 0) is 4.79 Å². The topological polar surface area (TPSA) is 29.1 Å². The van der Waals surface area contributed by atoms with Gasteiger partial charge >= 0.3 is 0 Å². The van der Waals surface area contributed by atoms with E-state index in [0.717, 1.165) is 16.8 Å². The highest BCUT2D eigenvalue weighted by Crippen LogP contribution is 2.18. The maximum absolute atomic E-state index is 11.1. The number of hydrogen-bond donors (Lipinski definition) is 1. The lowest BCUT2D eigenvalue weighted by Gasteiger charge is -2.07. The van der Waals surface area contributed by atoms with Crippen LogP contribution in [0.2, 0.25) is 0 Å². The summed E-state index contributed by atoms with van der Waals surface area (Å²) in [5, 5.41) is 2.79. The average Bonchev–Trinajstić information content (AvgIpc) is 2.45. The van der Waals surface area contributed by atoms with Gasteiger partial charge in [0, 0.05) is 24.1 Å². The van der Waals surface area contributed by atoms with Gasteiger partial charge in [0.05, 0.1) is 0 Å². The van der Waals surface area contributed by atoms with Gasteiger partial charge in [0.25, 0.3) is 0 Å². The van der Waals surface area contributed by atoms with E-state index >= 15 is 0 Å². The van der Waals surface area contributed by atoms with Gasteiger partial charge in [-0.2, -0.15) is 0 Å². The predicted molar refractivity (Wildman–Crippen MR) is 82.5 cm³/mol. The molecule has 0 aliphatic rings. The first kappa shape index (κ1) is 13.9. The van der Waals surface area contributed by atoms with Crippen LogP contribution in [0, 0.1) is 11.8 Å². The monoisotopic (exact) mass is 263 g/mol. The van der Waals surface area contributed by atoms with Gasteiger partial charge in [-0.05, 0) is 36.8 Å². The lowest BCUT2D eigenvalue weighted by atomic mass is 10.0. The fourth-order valence-electron chi connectivity index (χ4n) is 1.89. The summed E-state index contributed by atoms with van der Waals surface area (Å²) in [6, 6.07) is 17.7. The molecule has 0 aromatic heterocycles. The number of benzene rings is 2. The van der Waals surface area contributed by atoms with Crippen molar-refractivity contribution in [2.24, 2.45) is 0 Å². The molecule has 20 heavy (non-hydrogen) atoms. The quantitative estimate of drug-likeness (QED) is 0.820. The zero-order chi connectivity index (χ0) is 14.4. The van der Waals surface area contributed by atoms with Crippen molar-refractivity contribution in [2.75, 3.05) is 5.32 Å². The van der Waals surface area contributed by atoms with Crippen LogP contribution in [0.4, 0.5) is 5.69 Å². The molecule has 1 atom stereocenters. The van der Waals surface area contributed by atoms with Crippen molar-refractivity contribution in [3.05, 3.63) is 65.7 Å². The molecule has 0 unspecified atom stereocenters. The van der Waals surface area contributed by atoms with Crippen molar-refractivity contribution in [1.82, 2.24) is 0 Å². The maximum atomic E-state index is 11.1. The molecule has 0 saturated heterocycles. The Hall–Kier alpha value is -2.53. The van der Waals surface area contributed by atoms with E-state index in [9.17, 15) is 4.79 Å². The van der Waals surface area contributed by atoms with E-state index in [4.69, 9.17) is 0 Å². The second-order valence-corrected chi connectivity index (χ2v) is 4.66. The average molecular weight is 263 g/mol. The maximum Gasteiger partial charge on any atom is 0.221 e. The van der Waals surface area contributed by atoms with Gasteiger partial charge in [-0.1, -0.05) is 42.2 Å². The first-order valence-electron chi connectivity index (χ1n) is 6.59. The van der Waals surface area contributed by atoms with Crippen LogP contribution in [0.25, 0.3) is 0 Å². The van der Waals surface area contributed by atoms with Crippen LogP contribution in [0.3, 0.4) is 0 Å². The Labute approximate surface area is 119 Å². The molecule has 2 nitrogen and oxygen atoms in total. The number of carbonyl (C=O) groups excluding carboxylic acids is 1. The van der Waals surface area contributed by atoms with Crippen LogP contribution in [0.5, 0.6) is 0 Å². The molecular weight excluding hydrogens is 246 g/mol. The largest absolute Gasteiger partial charge is 0.326 e. The second-order valence-electron chi connectivity index (χ2n) is 4.66. The summed E-state index contributed by atoms with van der Waals surface area (Å²) in [5.74, 6) is 6.45. The number of carbonyl (C=O) groups is 1. The van der Waals surface area contributed by atoms with Crippen LogP contribution in [0.1, 0.15) is 30.9 Å². The lowest BCUT2D eigenvalue weighted by molar-refractivity contribution is -0.114. The molecular formula is C18H17NO. The highest BCUT2D eigenvalue weighted by atomic mass is 16.1. The molecule has 0 aliphatic heterocycles. The Balaban J connectivity index is 2.15. The summed E-state index contributed by atoms with van der Waals surface area (Å²) >= 11 is 0. The molecule has 2 aromatic rings. The first-order chi connectivity index (χ1) is 9.65. The van der Waals surface area contributed by atoms with Gasteiger partial charge in [0.2, 0.25) is 5.91 Å². The molecule has 0 spiro atoms. The minimum atomic E-state index is -0.0647. The van der Waals surface area contributed by atoms with Crippen molar-refractivity contribution >= 4 is 11.6 Å². The van der Waals surface area contributed by atoms with E-state index in [-0.39, 0.29) is 11.8 Å². The summed E-state index contributed by atoms with van der Waals surface area (Å²) in [4.78, 5) is 11.1. The summed E-state index contributed by atoms with van der Waals surface area (Å²) < 4.78 is 0. The molecule has 0 heterocycles. The molecule has 0 fully saturated rings. The Morgan fingerprint density at radius 3 is 2.55 bits per heavy atom. The van der Waals surface area contributed by atoms with E-state index in [1.54, 1.807) is 0 Å². The zero-order valence-electron chi connectivity index (χ0n) is 11.7. The third-order valence-corrected chi connectivity index (χ3v) is 2.91. The summed E-state index contributed by atoms with van der Waals surface area (Å²) in [7, 11) is 0. The Morgan fingerprint density at radius 1 is 1.10 bits per heavy atom. The molecule has 0 bridgehead atoms. The molecule has 1 N–H and O–H groups in total. The van der Waals surface area contributed by atoms with Crippen molar-refractivity contribution in [3.8, 4) is 11.8 Å². The van der Waals surface area contributed by atoms with E-state index in [0.29, 0.717) is 0 Å². The molecule has 0 saturated carbocycles. The Kier molecular flexibility index (Phi) is 4.57. The van der Waals surface area contributed by atoms with E-state index < -0.39 is 0 Å². The number of amides is 1. The fraction of sp³-hybridized carbons (Fsp3) is 0.167. The highest BCUT2D eigenvalue weighted by molar-refractivity contribution is 5.88. The van der Waals surface area contributed by atoms with E-state index in [2.05, 4.69) is 24.1 Å². The third kappa shape index (κ3) is 4.00. The van der Waals surface area contributed by atoms with Crippen LogP contribution >= 0.6 is 0 Å². The molecule has 2 heteroatoms. The number of anilines is 1. The molecule has 0 radical (unpaired) electrons. The van der Waals surface area contributed by atoms with Crippen LogP contribution in [-0.4, -0.2) is 5.91 Å². The standard InChI is InChI=1S/C18H17NO/c1-14(11-12-16-7-4-3-5-8-16)17-9-6-10-18(13-17)19-15(2)20/h3-10,13-14H,1-2H3,(H,19,20)/t14-/m0/s1. The molecule has 1 amide bonds. The van der Waals surface area contributed by atoms with Crippen molar-refractivity contribution in [1.29, 1.82) is 0 Å². The molecule has 2 aromatic carbocycles. The van der Waals surface area contributed by atoms with Gasteiger partial charge in [-0.15, -0.1) is 0 Å². The van der Waals surface area contributed by atoms with Gasteiger partial charge < -0.3 is 5.32 Å². The second kappa shape index (κ2) is 6.58. The van der Waals surface area contributed by atoms with Crippen molar-refractivity contribution in [3.63, 3.8) is 0 Å². The number of rotatable bonds is 2. The summed E-state index contributed by atoms with van der Waals surface area (Å²) in [6.45, 7) is 3.56. The van der Waals surface area contributed by atoms with Gasteiger partial charge in [-0.25, -0.2) is 0 Å². The number of hydrogen-bond acceptors (Lipinski definition) is 1. The summed E-state index contributed by atoms with van der Waals surface area (Å²) in [5.41, 5.74) is 2.92. The van der Waals surface area contributed by atoms with Gasteiger partial charge in [0.15, 0.2) is 0 Å². The smallest absolute Gasteiger partial charge is 0.221 e. The first-order valence-corrected chi connectivity index (χ1v) is 6.59. The lowest BCUT2D eigenvalue weighted by Crippen LogP contribution is -2.06. The van der Waals surface area contributed by atoms with Crippen LogP contribution < -0.4 is 5.32 Å². The van der Waals surface area contributed by atoms with Crippen molar-refractivity contribution < 1.29 is 4.79 Å². The summed E-state index contributed by atoms with van der Waals surface area (Å²) in [6.07, 6.45) is 0. The minimum Gasteiger partial charge on any atom is -0.326 e. The molecule has 0 aliphatic carbocycles. The Bertz CT molecular complexity index is 650. The van der Waals surface area contributed by atoms with E-state index in [1.807, 2.05) is 54.6 Å². The Morgan fingerprint density at radius 2 is 1.85 bits per heavy atom. The minimum absolute atomic E-state index is 0.0647. The normalized spacial score (nSPS) is 11.1. The SMILES string of the molecule is CC(=O)Nc1cccc([C@@H](C)C#Cc2ccccc2)c1.